The molecule has 2 N–H and O–H groups in total. The van der Waals surface area contributed by atoms with Gasteiger partial charge in [-0.15, -0.1) is 0 Å². The summed E-state index contributed by atoms with van der Waals surface area (Å²) in [4.78, 5) is 11.9. The van der Waals surface area contributed by atoms with Crippen LogP contribution in [0, 0.1) is 6.92 Å². The minimum absolute atomic E-state index is 0.0387. The van der Waals surface area contributed by atoms with E-state index in [1.165, 1.54) is 0 Å². The summed E-state index contributed by atoms with van der Waals surface area (Å²) < 4.78 is 5.19. The van der Waals surface area contributed by atoms with Gasteiger partial charge in [-0.3, -0.25) is 4.79 Å². The number of methoxy groups -OCH3 is 1. The first-order chi connectivity index (χ1) is 10.7. The van der Waals surface area contributed by atoms with Crippen LogP contribution in [0.1, 0.15) is 21.5 Å². The number of nitrogens with one attached hydrogen (secondary N) is 2. The van der Waals surface area contributed by atoms with E-state index < -0.39 is 0 Å². The quantitative estimate of drug-likeness (QED) is 0.772. The number of amides is 1. The van der Waals surface area contributed by atoms with Crippen molar-refractivity contribution in [3.63, 3.8) is 0 Å². The summed E-state index contributed by atoms with van der Waals surface area (Å²) in [5.41, 5.74) is 3.00. The van der Waals surface area contributed by atoms with Crippen molar-refractivity contribution >= 4 is 5.91 Å². The standard InChI is InChI=1S/C18H22N2O2/c1-14-6-8-16(9-7-14)18(21)20-11-10-19-13-15-4-3-5-17(12-15)22-2/h3-9,12,19H,10-11,13H2,1-2H3,(H,20,21). The van der Waals surface area contributed by atoms with Gasteiger partial charge in [0.1, 0.15) is 5.75 Å². The highest BCUT2D eigenvalue weighted by Crippen LogP contribution is 2.11. The number of carbonyl (C=O) groups excluding carboxylic acids is 1. The summed E-state index contributed by atoms with van der Waals surface area (Å²) in [6.07, 6.45) is 0. The Balaban J connectivity index is 1.68. The van der Waals surface area contributed by atoms with Gasteiger partial charge in [0, 0.05) is 25.2 Å². The minimum atomic E-state index is -0.0387. The van der Waals surface area contributed by atoms with Crippen molar-refractivity contribution in [3.05, 3.63) is 65.2 Å². The molecule has 4 heteroatoms. The topological polar surface area (TPSA) is 50.4 Å². The number of aryl methyl sites for hydroxylation is 1. The van der Waals surface area contributed by atoms with Gasteiger partial charge in [-0.1, -0.05) is 29.8 Å². The van der Waals surface area contributed by atoms with Gasteiger partial charge in [0.2, 0.25) is 0 Å². The lowest BCUT2D eigenvalue weighted by atomic mass is 10.1. The molecule has 0 saturated heterocycles. The zero-order valence-corrected chi connectivity index (χ0v) is 13.1. The monoisotopic (exact) mass is 298 g/mol. The van der Waals surface area contributed by atoms with E-state index in [0.717, 1.165) is 30.0 Å². The van der Waals surface area contributed by atoms with Crippen LogP contribution in [-0.2, 0) is 6.54 Å². The molecule has 0 aliphatic carbocycles. The largest absolute Gasteiger partial charge is 0.497 e. The van der Waals surface area contributed by atoms with E-state index in [4.69, 9.17) is 4.74 Å². The Morgan fingerprint density at radius 2 is 1.86 bits per heavy atom. The van der Waals surface area contributed by atoms with Crippen molar-refractivity contribution in [2.75, 3.05) is 20.2 Å². The molecular weight excluding hydrogens is 276 g/mol. The fourth-order valence-corrected chi connectivity index (χ4v) is 2.09. The van der Waals surface area contributed by atoms with E-state index in [2.05, 4.69) is 10.6 Å². The molecular formula is C18H22N2O2. The Bertz CT molecular complexity index is 609. The summed E-state index contributed by atoms with van der Waals surface area (Å²) >= 11 is 0. The van der Waals surface area contributed by atoms with Crippen LogP contribution in [0.4, 0.5) is 0 Å². The van der Waals surface area contributed by atoms with E-state index in [0.29, 0.717) is 12.1 Å². The molecule has 0 atom stereocenters. The Labute approximate surface area is 131 Å². The number of ether oxygens (including phenoxy) is 1. The third kappa shape index (κ3) is 4.90. The Hall–Kier alpha value is -2.33. The molecule has 0 fully saturated rings. The maximum absolute atomic E-state index is 11.9. The highest BCUT2D eigenvalue weighted by molar-refractivity contribution is 5.94. The molecule has 0 heterocycles. The van der Waals surface area contributed by atoms with Gasteiger partial charge in [-0.05, 0) is 36.8 Å². The van der Waals surface area contributed by atoms with Crippen molar-refractivity contribution in [1.82, 2.24) is 10.6 Å². The summed E-state index contributed by atoms with van der Waals surface area (Å²) in [6.45, 7) is 4.06. The van der Waals surface area contributed by atoms with Crippen LogP contribution >= 0.6 is 0 Å². The molecule has 0 spiro atoms. The molecule has 116 valence electrons. The predicted octanol–water partition coefficient (Wildman–Crippen LogP) is 2.52. The van der Waals surface area contributed by atoms with Crippen LogP contribution < -0.4 is 15.4 Å². The maximum Gasteiger partial charge on any atom is 0.251 e. The van der Waals surface area contributed by atoms with Crippen LogP contribution in [0.15, 0.2) is 48.5 Å². The Morgan fingerprint density at radius 3 is 2.59 bits per heavy atom. The van der Waals surface area contributed by atoms with E-state index in [1.807, 2.05) is 55.5 Å². The Kier molecular flexibility index (Phi) is 5.98. The lowest BCUT2D eigenvalue weighted by Gasteiger charge is -2.08. The molecule has 2 rings (SSSR count). The van der Waals surface area contributed by atoms with E-state index in [1.54, 1.807) is 7.11 Å². The van der Waals surface area contributed by atoms with Crippen molar-refractivity contribution in [1.29, 1.82) is 0 Å². The molecule has 0 aliphatic rings. The van der Waals surface area contributed by atoms with Crippen LogP contribution in [-0.4, -0.2) is 26.1 Å². The van der Waals surface area contributed by atoms with Gasteiger partial charge in [-0.25, -0.2) is 0 Å². The fourth-order valence-electron chi connectivity index (χ4n) is 2.09. The molecule has 0 bridgehead atoms. The Morgan fingerprint density at radius 1 is 1.09 bits per heavy atom. The summed E-state index contributed by atoms with van der Waals surface area (Å²) in [6, 6.07) is 15.5. The van der Waals surface area contributed by atoms with Crippen LogP contribution in [0.3, 0.4) is 0 Å². The van der Waals surface area contributed by atoms with Gasteiger partial charge < -0.3 is 15.4 Å². The summed E-state index contributed by atoms with van der Waals surface area (Å²) in [5, 5.41) is 6.20. The fraction of sp³-hybridized carbons (Fsp3) is 0.278. The van der Waals surface area contributed by atoms with Crippen molar-refractivity contribution in [2.24, 2.45) is 0 Å². The summed E-state index contributed by atoms with van der Waals surface area (Å²) in [7, 11) is 1.66. The number of hydrogen-bond donors (Lipinski definition) is 2. The number of benzene rings is 2. The van der Waals surface area contributed by atoms with Gasteiger partial charge in [0.05, 0.1) is 7.11 Å². The zero-order chi connectivity index (χ0) is 15.8. The SMILES string of the molecule is COc1cccc(CNCCNC(=O)c2ccc(C)cc2)c1. The number of carbonyl (C=O) groups is 1. The smallest absolute Gasteiger partial charge is 0.251 e. The average Bonchev–Trinajstić information content (AvgIpc) is 2.55. The zero-order valence-electron chi connectivity index (χ0n) is 13.1. The molecule has 2 aromatic carbocycles. The van der Waals surface area contributed by atoms with Crippen LogP contribution in [0.2, 0.25) is 0 Å². The lowest BCUT2D eigenvalue weighted by Crippen LogP contribution is -2.31. The second-order valence-electron chi connectivity index (χ2n) is 5.15. The van der Waals surface area contributed by atoms with E-state index in [9.17, 15) is 4.79 Å². The molecule has 4 nitrogen and oxygen atoms in total. The van der Waals surface area contributed by atoms with Gasteiger partial charge in [-0.2, -0.15) is 0 Å². The first-order valence-corrected chi connectivity index (χ1v) is 7.37. The average molecular weight is 298 g/mol. The van der Waals surface area contributed by atoms with Crippen molar-refractivity contribution < 1.29 is 9.53 Å². The highest BCUT2D eigenvalue weighted by atomic mass is 16.5. The van der Waals surface area contributed by atoms with Crippen LogP contribution in [0.5, 0.6) is 5.75 Å². The summed E-state index contributed by atoms with van der Waals surface area (Å²) in [5.74, 6) is 0.815. The predicted molar refractivity (Wildman–Crippen MR) is 88.2 cm³/mol. The van der Waals surface area contributed by atoms with Gasteiger partial charge >= 0.3 is 0 Å². The van der Waals surface area contributed by atoms with Crippen LogP contribution in [0.25, 0.3) is 0 Å². The molecule has 1 amide bonds. The highest BCUT2D eigenvalue weighted by Gasteiger charge is 2.03. The van der Waals surface area contributed by atoms with Crippen molar-refractivity contribution in [3.8, 4) is 5.75 Å². The molecule has 0 unspecified atom stereocenters. The molecule has 0 aliphatic heterocycles. The lowest BCUT2D eigenvalue weighted by molar-refractivity contribution is 0.0954. The second-order valence-corrected chi connectivity index (χ2v) is 5.15. The van der Waals surface area contributed by atoms with Gasteiger partial charge in [0.15, 0.2) is 0 Å². The number of hydrogen-bond acceptors (Lipinski definition) is 3. The third-order valence-electron chi connectivity index (χ3n) is 3.36. The second kappa shape index (κ2) is 8.20. The molecule has 2 aromatic rings. The van der Waals surface area contributed by atoms with Gasteiger partial charge in [0.25, 0.3) is 5.91 Å². The molecule has 0 aromatic heterocycles. The third-order valence-corrected chi connectivity index (χ3v) is 3.36. The maximum atomic E-state index is 11.9. The first-order valence-electron chi connectivity index (χ1n) is 7.37. The number of rotatable bonds is 7. The van der Waals surface area contributed by atoms with E-state index in [-0.39, 0.29) is 5.91 Å². The van der Waals surface area contributed by atoms with E-state index >= 15 is 0 Å². The first kappa shape index (κ1) is 16.0. The van der Waals surface area contributed by atoms with Crippen molar-refractivity contribution in [2.45, 2.75) is 13.5 Å². The molecule has 22 heavy (non-hydrogen) atoms. The molecule has 0 saturated carbocycles. The normalized spacial score (nSPS) is 10.3. The molecule has 0 radical (unpaired) electrons. The minimum Gasteiger partial charge on any atom is -0.497 e.